The van der Waals surface area contributed by atoms with Gasteiger partial charge in [0.1, 0.15) is 0 Å². The Morgan fingerprint density at radius 2 is 1.69 bits per heavy atom. The predicted octanol–water partition coefficient (Wildman–Crippen LogP) is 2.52. The van der Waals surface area contributed by atoms with Crippen LogP contribution < -0.4 is 5.32 Å². The first-order valence-electron chi connectivity index (χ1n) is 10.1. The molecule has 2 fully saturated rings. The smallest absolute Gasteiger partial charge is 0.319 e. The SMILES string of the molecule is Cc1cc(C(=O)N2CCSCC2)ccc1NC(=O)C1CCN(C(=O)N(C)C)CC1. The topological polar surface area (TPSA) is 73.0 Å². The Bertz CT molecular complexity index is 769. The van der Waals surface area contributed by atoms with Gasteiger partial charge in [0.25, 0.3) is 5.91 Å². The van der Waals surface area contributed by atoms with Crippen molar-refractivity contribution in [3.05, 3.63) is 29.3 Å². The normalized spacial score (nSPS) is 17.8. The van der Waals surface area contributed by atoms with E-state index in [-0.39, 0.29) is 23.8 Å². The quantitative estimate of drug-likeness (QED) is 0.819. The van der Waals surface area contributed by atoms with Crippen LogP contribution in [0.3, 0.4) is 0 Å². The Kier molecular flexibility index (Phi) is 7.05. The second-order valence-electron chi connectivity index (χ2n) is 7.86. The van der Waals surface area contributed by atoms with Crippen LogP contribution in [0.2, 0.25) is 0 Å². The van der Waals surface area contributed by atoms with E-state index in [2.05, 4.69) is 5.32 Å². The third-order valence-corrected chi connectivity index (χ3v) is 6.49. The van der Waals surface area contributed by atoms with Crippen LogP contribution in [-0.2, 0) is 4.79 Å². The van der Waals surface area contributed by atoms with Gasteiger partial charge in [-0.3, -0.25) is 9.59 Å². The number of piperidine rings is 1. The van der Waals surface area contributed by atoms with Gasteiger partial charge in [-0.1, -0.05) is 0 Å². The minimum atomic E-state index is -0.104. The van der Waals surface area contributed by atoms with Crippen molar-refractivity contribution in [3.8, 4) is 0 Å². The number of hydrogen-bond acceptors (Lipinski definition) is 4. The molecule has 4 amide bonds. The van der Waals surface area contributed by atoms with Gasteiger partial charge in [-0.15, -0.1) is 0 Å². The standard InChI is InChI=1S/C21H30N4O3S/c1-15-14-17(20(27)24-10-12-29-13-11-24)4-5-18(15)22-19(26)16-6-8-25(9-7-16)21(28)23(2)3/h4-5,14,16H,6-13H2,1-3H3,(H,22,26). The average molecular weight is 419 g/mol. The molecule has 3 rings (SSSR count). The number of thioether (sulfide) groups is 1. The highest BCUT2D eigenvalue weighted by atomic mass is 32.2. The lowest BCUT2D eigenvalue weighted by atomic mass is 9.95. The highest BCUT2D eigenvalue weighted by molar-refractivity contribution is 7.99. The predicted molar refractivity (Wildman–Crippen MR) is 116 cm³/mol. The fourth-order valence-electron chi connectivity index (χ4n) is 3.74. The maximum absolute atomic E-state index is 12.7. The van der Waals surface area contributed by atoms with Crippen LogP contribution in [0, 0.1) is 12.8 Å². The van der Waals surface area contributed by atoms with Gasteiger partial charge >= 0.3 is 6.03 Å². The van der Waals surface area contributed by atoms with Gasteiger partial charge in [-0.25, -0.2) is 4.79 Å². The summed E-state index contributed by atoms with van der Waals surface area (Å²) in [4.78, 5) is 42.6. The molecule has 0 spiro atoms. The van der Waals surface area contributed by atoms with Crippen molar-refractivity contribution in [2.24, 2.45) is 5.92 Å². The van der Waals surface area contributed by atoms with E-state index in [4.69, 9.17) is 0 Å². The number of aryl methyl sites for hydroxylation is 1. The number of nitrogens with zero attached hydrogens (tertiary/aromatic N) is 3. The number of benzene rings is 1. The number of amides is 4. The van der Waals surface area contributed by atoms with Gasteiger partial charge in [-0.05, 0) is 43.5 Å². The van der Waals surface area contributed by atoms with Gasteiger partial charge < -0.3 is 20.0 Å². The first kappa shape index (κ1) is 21.5. The Morgan fingerprint density at radius 3 is 2.28 bits per heavy atom. The number of anilines is 1. The van der Waals surface area contributed by atoms with Gasteiger partial charge in [0.15, 0.2) is 0 Å². The van der Waals surface area contributed by atoms with E-state index in [1.165, 1.54) is 0 Å². The van der Waals surface area contributed by atoms with Gasteiger partial charge in [0.05, 0.1) is 0 Å². The summed E-state index contributed by atoms with van der Waals surface area (Å²) >= 11 is 1.87. The summed E-state index contributed by atoms with van der Waals surface area (Å²) in [5, 5.41) is 3.01. The molecule has 0 radical (unpaired) electrons. The lowest BCUT2D eigenvalue weighted by Gasteiger charge is -2.33. The molecule has 7 nitrogen and oxygen atoms in total. The highest BCUT2D eigenvalue weighted by Crippen LogP contribution is 2.23. The lowest BCUT2D eigenvalue weighted by Crippen LogP contribution is -2.45. The fraction of sp³-hybridized carbons (Fsp3) is 0.571. The molecule has 1 N–H and O–H groups in total. The number of urea groups is 1. The van der Waals surface area contributed by atoms with Crippen LogP contribution in [0.5, 0.6) is 0 Å². The zero-order valence-electron chi connectivity index (χ0n) is 17.4. The lowest BCUT2D eigenvalue weighted by molar-refractivity contribution is -0.121. The largest absolute Gasteiger partial charge is 0.337 e. The van der Waals surface area contributed by atoms with Crippen LogP contribution in [0.4, 0.5) is 10.5 Å². The van der Waals surface area contributed by atoms with Crippen molar-refractivity contribution in [1.82, 2.24) is 14.7 Å². The second kappa shape index (κ2) is 9.52. The first-order valence-corrected chi connectivity index (χ1v) is 11.3. The molecule has 0 aliphatic carbocycles. The molecule has 2 aliphatic heterocycles. The summed E-state index contributed by atoms with van der Waals surface area (Å²) in [6.07, 6.45) is 1.32. The highest BCUT2D eigenvalue weighted by Gasteiger charge is 2.28. The van der Waals surface area contributed by atoms with Crippen molar-refractivity contribution in [2.45, 2.75) is 19.8 Å². The Balaban J connectivity index is 1.57. The summed E-state index contributed by atoms with van der Waals surface area (Å²) in [6, 6.07) is 5.47. The first-order chi connectivity index (χ1) is 13.9. The number of carbonyl (C=O) groups excluding carboxylic acids is 3. The summed E-state index contributed by atoms with van der Waals surface area (Å²) in [7, 11) is 3.48. The minimum absolute atomic E-state index is 0.00717. The van der Waals surface area contributed by atoms with Gasteiger partial charge in [-0.2, -0.15) is 11.8 Å². The summed E-state index contributed by atoms with van der Waals surface area (Å²) in [5.74, 6) is 1.91. The number of carbonyl (C=O) groups is 3. The van der Waals surface area contributed by atoms with Crippen molar-refractivity contribution in [1.29, 1.82) is 0 Å². The molecular formula is C21H30N4O3S. The molecule has 0 unspecified atom stereocenters. The van der Waals surface area contributed by atoms with E-state index < -0.39 is 0 Å². The summed E-state index contributed by atoms with van der Waals surface area (Å²) in [6.45, 7) is 4.67. The van der Waals surface area contributed by atoms with E-state index in [0.717, 1.165) is 35.8 Å². The van der Waals surface area contributed by atoms with Crippen LogP contribution >= 0.6 is 11.8 Å². The molecular weight excluding hydrogens is 388 g/mol. The van der Waals surface area contributed by atoms with Gasteiger partial charge in [0, 0.05) is 68.9 Å². The minimum Gasteiger partial charge on any atom is -0.337 e. The third-order valence-electron chi connectivity index (χ3n) is 5.55. The zero-order chi connectivity index (χ0) is 21.0. The molecule has 2 saturated heterocycles. The van der Waals surface area contributed by atoms with E-state index in [0.29, 0.717) is 31.5 Å². The molecule has 158 valence electrons. The van der Waals surface area contributed by atoms with E-state index in [9.17, 15) is 14.4 Å². The third kappa shape index (κ3) is 5.23. The van der Waals surface area contributed by atoms with Gasteiger partial charge in [0.2, 0.25) is 5.91 Å². The average Bonchev–Trinajstić information content (AvgIpc) is 2.74. The second-order valence-corrected chi connectivity index (χ2v) is 9.09. The number of nitrogens with one attached hydrogen (secondary N) is 1. The van der Waals surface area contributed by atoms with Crippen molar-refractivity contribution in [3.63, 3.8) is 0 Å². The monoisotopic (exact) mass is 418 g/mol. The fourth-order valence-corrected chi connectivity index (χ4v) is 4.64. The number of rotatable bonds is 3. The number of likely N-dealkylation sites (tertiary alicyclic amines) is 1. The van der Waals surface area contributed by atoms with Crippen LogP contribution in [0.25, 0.3) is 0 Å². The van der Waals surface area contributed by atoms with E-state index in [1.807, 2.05) is 35.7 Å². The molecule has 29 heavy (non-hydrogen) atoms. The van der Waals surface area contributed by atoms with Crippen molar-refractivity contribution < 1.29 is 14.4 Å². The molecule has 0 atom stereocenters. The Labute approximate surface area is 176 Å². The molecule has 8 heteroatoms. The Hall–Kier alpha value is -2.22. The number of hydrogen-bond donors (Lipinski definition) is 1. The van der Waals surface area contributed by atoms with Crippen LogP contribution in [-0.4, -0.2) is 84.3 Å². The summed E-state index contributed by atoms with van der Waals surface area (Å²) < 4.78 is 0. The molecule has 0 bridgehead atoms. The maximum atomic E-state index is 12.7. The molecule has 1 aromatic rings. The molecule has 1 aromatic carbocycles. The zero-order valence-corrected chi connectivity index (χ0v) is 18.3. The maximum Gasteiger partial charge on any atom is 0.319 e. The Morgan fingerprint density at radius 1 is 1.03 bits per heavy atom. The molecule has 2 heterocycles. The summed E-state index contributed by atoms with van der Waals surface area (Å²) in [5.41, 5.74) is 2.30. The van der Waals surface area contributed by atoms with Crippen molar-refractivity contribution in [2.75, 3.05) is 57.1 Å². The molecule has 0 saturated carbocycles. The van der Waals surface area contributed by atoms with Crippen molar-refractivity contribution >= 4 is 35.3 Å². The van der Waals surface area contributed by atoms with E-state index in [1.54, 1.807) is 30.0 Å². The molecule has 0 aromatic heterocycles. The van der Waals surface area contributed by atoms with Crippen LogP contribution in [0.1, 0.15) is 28.8 Å². The molecule has 2 aliphatic rings. The van der Waals surface area contributed by atoms with E-state index >= 15 is 0 Å². The van der Waals surface area contributed by atoms with Crippen LogP contribution in [0.15, 0.2) is 18.2 Å².